The molecule has 2 atom stereocenters. The van der Waals surface area contributed by atoms with Crippen LogP contribution in [0.1, 0.15) is 59.7 Å². The molecule has 0 unspecified atom stereocenters. The molecular weight excluding hydrogens is 406 g/mol. The molecule has 0 radical (unpaired) electrons. The molecule has 0 heterocycles. The van der Waals surface area contributed by atoms with Gasteiger partial charge in [-0.15, -0.1) is 0 Å². The number of aliphatic hydroxyl groups is 1. The Hall–Kier alpha value is -3.18. The number of carbonyl (C=O) groups excluding carboxylic acids is 2. The highest BCUT2D eigenvalue weighted by Gasteiger charge is 2.25. The number of hydroxylamine groups is 1. The van der Waals surface area contributed by atoms with Crippen molar-refractivity contribution in [2.45, 2.75) is 57.3 Å². The first kappa shape index (κ1) is 23.5. The number of carbonyl (C=O) groups is 2. The van der Waals surface area contributed by atoms with E-state index in [1.165, 1.54) is 43.7 Å². The molecule has 5 N–H and O–H groups in total. The molecule has 0 aliphatic heterocycles. The first-order valence-corrected chi connectivity index (χ1v) is 10.8. The van der Waals surface area contributed by atoms with Crippen molar-refractivity contribution in [3.05, 3.63) is 70.8 Å². The summed E-state index contributed by atoms with van der Waals surface area (Å²) in [6.45, 7) is 2.22. The van der Waals surface area contributed by atoms with Crippen LogP contribution < -0.4 is 16.1 Å². The number of hydrogen-bond acceptors (Lipinski definition) is 5. The Kier molecular flexibility index (Phi) is 8.40. The molecule has 2 amide bonds. The van der Waals surface area contributed by atoms with Crippen LogP contribution in [0.3, 0.4) is 0 Å². The van der Waals surface area contributed by atoms with Crippen LogP contribution in [-0.4, -0.2) is 40.3 Å². The number of hydrogen-bond donors (Lipinski definition) is 5. The molecular formula is C25H29N3O4. The molecule has 168 valence electrons. The molecule has 1 aliphatic carbocycles. The van der Waals surface area contributed by atoms with Gasteiger partial charge in [-0.05, 0) is 61.7 Å². The number of rotatable bonds is 7. The van der Waals surface area contributed by atoms with Crippen molar-refractivity contribution in [1.29, 1.82) is 0 Å². The first-order chi connectivity index (χ1) is 15.5. The Morgan fingerprint density at radius 2 is 1.56 bits per heavy atom. The molecule has 2 aromatic rings. The van der Waals surface area contributed by atoms with E-state index in [1.54, 1.807) is 24.3 Å². The van der Waals surface area contributed by atoms with Crippen LogP contribution in [0.2, 0.25) is 0 Å². The highest BCUT2D eigenvalue weighted by molar-refractivity contribution is 5.97. The molecule has 3 rings (SSSR count). The molecule has 0 saturated heterocycles. The van der Waals surface area contributed by atoms with Gasteiger partial charge in [0.05, 0.1) is 6.10 Å². The molecule has 1 aliphatic rings. The van der Waals surface area contributed by atoms with Gasteiger partial charge in [0.25, 0.3) is 11.8 Å². The van der Waals surface area contributed by atoms with E-state index in [9.17, 15) is 14.7 Å². The predicted octanol–water partition coefficient (Wildman–Crippen LogP) is 2.10. The van der Waals surface area contributed by atoms with E-state index in [1.807, 2.05) is 12.1 Å². The summed E-state index contributed by atoms with van der Waals surface area (Å²) in [5.74, 6) is 4.76. The van der Waals surface area contributed by atoms with E-state index >= 15 is 0 Å². The standard InChI is InChI=1S/C25H29N3O4/c1-17(29)23(25(31)28-32)27-24(30)21-14-12-19(13-15-21)7-6-18-8-10-20(11-9-18)16-26-22-4-2-3-5-22/h8-15,17,22-23,26,29,32H,2-5,16H2,1H3,(H,27,30)(H,28,31)/t17-,23+/m1/s1. The summed E-state index contributed by atoms with van der Waals surface area (Å²) in [4.78, 5) is 23.9. The van der Waals surface area contributed by atoms with Crippen molar-refractivity contribution < 1.29 is 19.9 Å². The predicted molar refractivity (Wildman–Crippen MR) is 121 cm³/mol. The summed E-state index contributed by atoms with van der Waals surface area (Å²) in [6, 6.07) is 14.2. The lowest BCUT2D eigenvalue weighted by Gasteiger charge is -2.19. The largest absolute Gasteiger partial charge is 0.391 e. The maximum atomic E-state index is 12.3. The van der Waals surface area contributed by atoms with Crippen molar-refractivity contribution >= 4 is 11.8 Å². The lowest BCUT2D eigenvalue weighted by atomic mass is 10.1. The summed E-state index contributed by atoms with van der Waals surface area (Å²) < 4.78 is 0. The van der Waals surface area contributed by atoms with Crippen LogP contribution >= 0.6 is 0 Å². The summed E-state index contributed by atoms with van der Waals surface area (Å²) >= 11 is 0. The number of amides is 2. The van der Waals surface area contributed by atoms with Gasteiger partial charge < -0.3 is 15.7 Å². The molecule has 0 spiro atoms. The zero-order chi connectivity index (χ0) is 22.9. The van der Waals surface area contributed by atoms with Crippen LogP contribution in [0, 0.1) is 11.8 Å². The maximum Gasteiger partial charge on any atom is 0.268 e. The lowest BCUT2D eigenvalue weighted by molar-refractivity contribution is -0.133. The van der Waals surface area contributed by atoms with Crippen molar-refractivity contribution in [2.24, 2.45) is 0 Å². The molecule has 0 aromatic heterocycles. The minimum atomic E-state index is -1.26. The summed E-state index contributed by atoms with van der Waals surface area (Å²) in [5.41, 5.74) is 4.64. The lowest BCUT2D eigenvalue weighted by Crippen LogP contribution is -2.51. The van der Waals surface area contributed by atoms with Gasteiger partial charge in [-0.25, -0.2) is 5.48 Å². The van der Waals surface area contributed by atoms with Gasteiger partial charge in [0, 0.05) is 29.3 Å². The van der Waals surface area contributed by atoms with Crippen molar-refractivity contribution in [3.8, 4) is 11.8 Å². The zero-order valence-electron chi connectivity index (χ0n) is 18.1. The van der Waals surface area contributed by atoms with Crippen LogP contribution in [0.15, 0.2) is 48.5 Å². The van der Waals surface area contributed by atoms with Crippen molar-refractivity contribution in [3.63, 3.8) is 0 Å². The Morgan fingerprint density at radius 1 is 1.00 bits per heavy atom. The first-order valence-electron chi connectivity index (χ1n) is 10.8. The van der Waals surface area contributed by atoms with Gasteiger partial charge in [-0.3, -0.25) is 14.8 Å². The van der Waals surface area contributed by atoms with E-state index in [0.717, 1.165) is 17.7 Å². The molecule has 2 aromatic carbocycles. The molecule has 32 heavy (non-hydrogen) atoms. The minimum absolute atomic E-state index is 0.311. The van der Waals surface area contributed by atoms with Crippen LogP contribution in [0.5, 0.6) is 0 Å². The quantitative estimate of drug-likeness (QED) is 0.260. The van der Waals surface area contributed by atoms with Gasteiger partial charge in [-0.2, -0.15) is 0 Å². The number of benzene rings is 2. The highest BCUT2D eigenvalue weighted by atomic mass is 16.5. The van der Waals surface area contributed by atoms with Gasteiger partial charge in [0.15, 0.2) is 0 Å². The average Bonchev–Trinajstić information content (AvgIpc) is 3.34. The van der Waals surface area contributed by atoms with Crippen LogP contribution in [0.4, 0.5) is 0 Å². The molecule has 7 nitrogen and oxygen atoms in total. The monoisotopic (exact) mass is 435 g/mol. The van der Waals surface area contributed by atoms with Crippen molar-refractivity contribution in [1.82, 2.24) is 16.1 Å². The summed E-state index contributed by atoms with van der Waals surface area (Å²) in [5, 5.41) is 24.3. The van der Waals surface area contributed by atoms with E-state index in [0.29, 0.717) is 11.6 Å². The van der Waals surface area contributed by atoms with E-state index in [-0.39, 0.29) is 0 Å². The van der Waals surface area contributed by atoms with Gasteiger partial charge in [-0.1, -0.05) is 36.8 Å². The molecule has 0 bridgehead atoms. The Morgan fingerprint density at radius 3 is 2.09 bits per heavy atom. The van der Waals surface area contributed by atoms with Crippen LogP contribution in [-0.2, 0) is 11.3 Å². The minimum Gasteiger partial charge on any atom is -0.391 e. The van der Waals surface area contributed by atoms with Gasteiger partial charge in [0.2, 0.25) is 0 Å². The molecule has 1 fully saturated rings. The van der Waals surface area contributed by atoms with Crippen molar-refractivity contribution in [2.75, 3.05) is 0 Å². The third-order valence-corrected chi connectivity index (χ3v) is 5.56. The molecule has 1 saturated carbocycles. The van der Waals surface area contributed by atoms with Crippen LogP contribution in [0.25, 0.3) is 0 Å². The average molecular weight is 436 g/mol. The molecule has 7 heteroatoms. The SMILES string of the molecule is C[C@@H](O)[C@H](NC(=O)c1ccc(C#Cc2ccc(CNC3CCCC3)cc2)cc1)C(=O)NO. The Bertz CT molecular complexity index is 969. The Labute approximate surface area is 188 Å². The fraction of sp³-hybridized carbons (Fsp3) is 0.360. The second kappa shape index (κ2) is 11.4. The summed E-state index contributed by atoms with van der Waals surface area (Å²) in [6.07, 6.45) is 4.01. The topological polar surface area (TPSA) is 111 Å². The zero-order valence-corrected chi connectivity index (χ0v) is 18.1. The number of aliphatic hydroxyl groups excluding tert-OH is 1. The third kappa shape index (κ3) is 6.66. The number of nitrogens with one attached hydrogen (secondary N) is 3. The fourth-order valence-corrected chi connectivity index (χ4v) is 3.65. The maximum absolute atomic E-state index is 12.3. The van der Waals surface area contributed by atoms with Gasteiger partial charge >= 0.3 is 0 Å². The third-order valence-electron chi connectivity index (χ3n) is 5.56. The summed E-state index contributed by atoms with van der Waals surface area (Å²) in [7, 11) is 0. The normalized spacial score (nSPS) is 15.3. The smallest absolute Gasteiger partial charge is 0.268 e. The highest BCUT2D eigenvalue weighted by Crippen LogP contribution is 2.18. The second-order valence-corrected chi connectivity index (χ2v) is 8.05. The van der Waals surface area contributed by atoms with E-state index in [2.05, 4.69) is 34.6 Å². The van der Waals surface area contributed by atoms with E-state index < -0.39 is 24.0 Å². The Balaban J connectivity index is 1.56. The van der Waals surface area contributed by atoms with Gasteiger partial charge in [0.1, 0.15) is 6.04 Å². The fourth-order valence-electron chi connectivity index (χ4n) is 3.65. The second-order valence-electron chi connectivity index (χ2n) is 8.05. The van der Waals surface area contributed by atoms with E-state index in [4.69, 9.17) is 5.21 Å².